The van der Waals surface area contributed by atoms with Crippen LogP contribution < -0.4 is 5.32 Å². The summed E-state index contributed by atoms with van der Waals surface area (Å²) in [6, 6.07) is 15.5. The molecule has 4 heterocycles. The first-order valence-electron chi connectivity index (χ1n) is 17.8. The number of aryl methyl sites for hydroxylation is 2. The highest BCUT2D eigenvalue weighted by Crippen LogP contribution is 2.59. The number of ether oxygens (including phenoxy) is 1. The van der Waals surface area contributed by atoms with Crippen molar-refractivity contribution in [2.24, 2.45) is 7.05 Å². The first-order valence-corrected chi connectivity index (χ1v) is 19.0. The normalized spacial score (nSPS) is 17.4. The molecule has 19 heteroatoms. The van der Waals surface area contributed by atoms with Crippen LogP contribution in [0.3, 0.4) is 0 Å². The van der Waals surface area contributed by atoms with E-state index in [9.17, 15) is 9.90 Å². The van der Waals surface area contributed by atoms with Gasteiger partial charge in [0.15, 0.2) is 6.10 Å². The minimum absolute atomic E-state index is 0.147. The number of fused-ring (bicyclic) bond motifs is 2. The Morgan fingerprint density at radius 2 is 1.55 bits per heavy atom. The molecule has 18 radical (unpaired) electrons. The van der Waals surface area contributed by atoms with Gasteiger partial charge in [0.2, 0.25) is 0 Å². The number of halogens is 1. The van der Waals surface area contributed by atoms with Crippen molar-refractivity contribution in [3.05, 3.63) is 70.4 Å². The second-order valence-corrected chi connectivity index (χ2v) is 16.5. The number of carbonyl (C=O) groups is 1. The molecule has 2 aliphatic heterocycles. The average molecular weight is 747 g/mol. The maximum absolute atomic E-state index is 13.3. The fraction of sp³-hybridized carbons (Fsp3) is 0.417. The molecule has 0 unspecified atom stereocenters. The third kappa shape index (κ3) is 7.11. The van der Waals surface area contributed by atoms with Crippen molar-refractivity contribution in [1.29, 1.82) is 0 Å². The summed E-state index contributed by atoms with van der Waals surface area (Å²) in [5.74, 6) is -1.19. The smallest absolute Gasteiger partial charge is 0.337 e. The van der Waals surface area contributed by atoms with Gasteiger partial charge in [0.05, 0.1) is 92.0 Å². The van der Waals surface area contributed by atoms with E-state index in [2.05, 4.69) is 22.3 Å². The zero-order valence-corrected chi connectivity index (χ0v) is 32.2. The zero-order chi connectivity index (χ0) is 39.8. The van der Waals surface area contributed by atoms with E-state index >= 15 is 0 Å². The predicted molar refractivity (Wildman–Crippen MR) is 229 cm³/mol. The lowest BCUT2D eigenvalue weighted by Gasteiger charge is -2.65. The Bertz CT molecular complexity index is 2220. The Morgan fingerprint density at radius 3 is 2.09 bits per heavy atom. The number of piperidine rings is 1. The molecule has 2 aromatic heterocycles. The third-order valence-corrected chi connectivity index (χ3v) is 12.4. The average Bonchev–Trinajstić information content (AvgIpc) is 3.63. The molecule has 8 nitrogen and oxygen atoms in total. The minimum atomic E-state index is -2.85. The third-order valence-electron chi connectivity index (χ3n) is 11.0. The van der Waals surface area contributed by atoms with Gasteiger partial charge in [-0.25, -0.2) is 9.78 Å². The molecule has 2 fully saturated rings. The number of carboxylic acids is 1. The van der Waals surface area contributed by atoms with Crippen LogP contribution in [0.5, 0.6) is 0 Å². The Morgan fingerprint density at radius 1 is 0.945 bits per heavy atom. The fourth-order valence-corrected chi connectivity index (χ4v) is 9.46. The second-order valence-electron chi connectivity index (χ2n) is 15.0. The highest BCUT2D eigenvalue weighted by atomic mass is 35.5. The first-order chi connectivity index (χ1) is 25.7. The van der Waals surface area contributed by atoms with Gasteiger partial charge in [0.1, 0.15) is 5.01 Å². The fourth-order valence-electron chi connectivity index (χ4n) is 8.21. The number of nitrogens with zero attached hydrogens (tertiary/aromatic N) is 4. The summed E-state index contributed by atoms with van der Waals surface area (Å²) in [5, 5.41) is 13.5. The lowest BCUT2D eigenvalue weighted by molar-refractivity contribution is -0.166. The zero-order valence-electron chi connectivity index (χ0n) is 30.6. The van der Waals surface area contributed by atoms with Crippen molar-refractivity contribution in [2.75, 3.05) is 26.2 Å². The number of hydrogen-bond donors (Lipinski definition) is 2. The quantitative estimate of drug-likeness (QED) is 0.201. The molecule has 2 N–H and O–H groups in total. The van der Waals surface area contributed by atoms with Crippen LogP contribution in [0.25, 0.3) is 42.8 Å². The van der Waals surface area contributed by atoms with Crippen LogP contribution in [0.1, 0.15) is 41.7 Å². The lowest BCUT2D eigenvalue weighted by Crippen LogP contribution is -2.65. The summed E-state index contributed by atoms with van der Waals surface area (Å²) >= 11 is 7.68. The Hall–Kier alpha value is -2.76. The number of likely N-dealkylation sites (tertiary alicyclic amines) is 1. The number of thiazole rings is 1. The summed E-state index contributed by atoms with van der Waals surface area (Å²) in [4.78, 5) is 21.0. The van der Waals surface area contributed by atoms with Crippen LogP contribution in [-0.2, 0) is 16.6 Å². The highest BCUT2D eigenvalue weighted by Gasteiger charge is 2.57. The van der Waals surface area contributed by atoms with E-state index in [1.165, 1.54) is 11.3 Å². The number of benzene rings is 3. The summed E-state index contributed by atoms with van der Waals surface area (Å²) in [5.41, 5.74) is 2.39. The Labute approximate surface area is 342 Å². The highest BCUT2D eigenvalue weighted by molar-refractivity contribution is 7.22. The molecular formula is C36H31B9ClN5O3S. The molecule has 0 spiro atoms. The molecule has 0 saturated carbocycles. The summed E-state index contributed by atoms with van der Waals surface area (Å²) in [6.45, 7) is 5.89. The SMILES string of the molecule is [B]C([B])([B])C(O[C@H](C(=O)O)c1c(C)cc2nc(-c3ccc4c(c3)c(C3CCN(C5CNC5)CC3)nn4C)sc2c1-c1ccc(Cl)cc1)(C([B])([B])[B])C([B])([B])[B]. The van der Waals surface area contributed by atoms with Crippen molar-refractivity contribution in [3.8, 4) is 21.7 Å². The molecule has 2 aliphatic rings. The van der Waals surface area contributed by atoms with E-state index in [0.717, 1.165) is 61.2 Å². The molecule has 5 aromatic rings. The molecule has 55 heavy (non-hydrogen) atoms. The Balaban J connectivity index is 1.38. The van der Waals surface area contributed by atoms with Crippen molar-refractivity contribution < 1.29 is 14.6 Å². The molecule has 0 bridgehead atoms. The lowest BCUT2D eigenvalue weighted by atomic mass is 9.13. The van der Waals surface area contributed by atoms with Gasteiger partial charge in [-0.1, -0.05) is 23.7 Å². The summed E-state index contributed by atoms with van der Waals surface area (Å²) in [7, 11) is 57.1. The van der Waals surface area contributed by atoms with Gasteiger partial charge in [-0.3, -0.25) is 9.58 Å². The molecule has 258 valence electrons. The molecule has 3 aromatic carbocycles. The van der Waals surface area contributed by atoms with Crippen molar-refractivity contribution >= 4 is 121 Å². The minimum Gasteiger partial charge on any atom is -0.479 e. The number of aromatic nitrogens is 3. The van der Waals surface area contributed by atoms with Gasteiger partial charge < -0.3 is 15.2 Å². The van der Waals surface area contributed by atoms with Gasteiger partial charge in [-0.15, -0.1) is 26.7 Å². The summed E-state index contributed by atoms with van der Waals surface area (Å²) in [6.07, 6.45) is 0.0997. The van der Waals surface area contributed by atoms with E-state index in [4.69, 9.17) is 97.0 Å². The van der Waals surface area contributed by atoms with Crippen molar-refractivity contribution in [3.63, 3.8) is 0 Å². The van der Waals surface area contributed by atoms with E-state index in [1.807, 2.05) is 17.8 Å². The van der Waals surface area contributed by atoms with Crippen LogP contribution >= 0.6 is 22.9 Å². The van der Waals surface area contributed by atoms with Crippen LogP contribution in [0, 0.1) is 6.92 Å². The number of nitrogens with one attached hydrogen (secondary N) is 1. The largest absolute Gasteiger partial charge is 0.479 e. The number of hydrogen-bond acceptors (Lipinski definition) is 7. The number of carboxylic acid groups (broad SMARTS) is 1. The van der Waals surface area contributed by atoms with Crippen LogP contribution in [-0.4, -0.2) is 139 Å². The second kappa shape index (κ2) is 14.6. The number of aliphatic carboxylic acids is 1. The van der Waals surface area contributed by atoms with Gasteiger partial charge in [-0.2, -0.15) is 5.10 Å². The topological polar surface area (TPSA) is 92.5 Å². The predicted octanol–water partition coefficient (Wildman–Crippen LogP) is 3.25. The van der Waals surface area contributed by atoms with Gasteiger partial charge in [0, 0.05) is 64.8 Å². The molecule has 1 atom stereocenters. The standard InChI is InChI=1S/C36H31B9ClN5O3S/c1-17-13-24-30(55-31(48-24)20-5-8-25-23(14-20)28(49-50(25)2)19-9-11-51(12-10-19)22-15-47-16-22)27(18-3-6-21(46)7-4-18)26(17)29(32(52)53)54-33(34(37,38)39,35(40,41)42)36(43,44)45/h3-8,13-14,19,22,29,47H,9-12,15-16H2,1-2H3,(H,52,53)/t29-/m0/s1. The van der Waals surface area contributed by atoms with E-state index < -0.39 is 33.0 Å². The molecule has 2 saturated heterocycles. The maximum atomic E-state index is 13.3. The molecule has 0 aliphatic carbocycles. The maximum Gasteiger partial charge on any atom is 0.337 e. The Kier molecular flexibility index (Phi) is 10.7. The number of rotatable bonds is 11. The van der Waals surface area contributed by atoms with E-state index in [-0.39, 0.29) is 5.56 Å². The summed E-state index contributed by atoms with van der Waals surface area (Å²) < 4.78 is 8.73. The molecule has 7 rings (SSSR count). The van der Waals surface area contributed by atoms with Gasteiger partial charge in [0.25, 0.3) is 0 Å². The van der Waals surface area contributed by atoms with E-state index in [1.54, 1.807) is 37.3 Å². The van der Waals surface area contributed by atoms with Crippen LogP contribution in [0.15, 0.2) is 48.5 Å². The molecular weight excluding hydrogens is 715 g/mol. The van der Waals surface area contributed by atoms with Gasteiger partial charge >= 0.3 is 5.97 Å². The van der Waals surface area contributed by atoms with Crippen LogP contribution in [0.4, 0.5) is 0 Å². The van der Waals surface area contributed by atoms with Crippen LogP contribution in [0.2, 0.25) is 20.4 Å². The molecule has 0 amide bonds. The van der Waals surface area contributed by atoms with Crippen molar-refractivity contribution in [1.82, 2.24) is 25.0 Å². The van der Waals surface area contributed by atoms with E-state index in [0.29, 0.717) is 48.9 Å². The van der Waals surface area contributed by atoms with Crippen molar-refractivity contribution in [2.45, 2.75) is 58.8 Å². The van der Waals surface area contributed by atoms with Gasteiger partial charge in [-0.05, 0) is 80.4 Å². The monoisotopic (exact) mass is 747 g/mol. The first kappa shape index (κ1) is 40.4.